The summed E-state index contributed by atoms with van der Waals surface area (Å²) >= 11 is 12.2. The number of rotatable bonds is 4. The lowest BCUT2D eigenvalue weighted by Crippen LogP contribution is -2.02. The van der Waals surface area contributed by atoms with Gasteiger partial charge in [-0.05, 0) is 54.1 Å². The van der Waals surface area contributed by atoms with Gasteiger partial charge in [0, 0.05) is 29.8 Å². The molecule has 5 rings (SSSR count). The van der Waals surface area contributed by atoms with Gasteiger partial charge in [0.1, 0.15) is 11.3 Å². The van der Waals surface area contributed by atoms with Gasteiger partial charge in [-0.3, -0.25) is 4.57 Å². The van der Waals surface area contributed by atoms with Gasteiger partial charge in [0.15, 0.2) is 11.5 Å². The lowest BCUT2D eigenvalue weighted by molar-refractivity contribution is 1.07. The van der Waals surface area contributed by atoms with Gasteiger partial charge in [-0.2, -0.15) is 0 Å². The largest absolute Gasteiger partial charge is 0.383 e. The Balaban J connectivity index is 0.00000105. The summed E-state index contributed by atoms with van der Waals surface area (Å²) in [6, 6.07) is 23.3. The third-order valence-corrected chi connectivity index (χ3v) is 5.60. The molecule has 0 unspecified atom stereocenters. The molecule has 0 radical (unpaired) electrons. The first kappa shape index (κ1) is 22.8. The van der Waals surface area contributed by atoms with Crippen LogP contribution in [0.4, 0.5) is 5.82 Å². The van der Waals surface area contributed by atoms with Gasteiger partial charge in [-0.1, -0.05) is 49.7 Å². The monoisotopic (exact) mass is 477 g/mol. The van der Waals surface area contributed by atoms with Crippen molar-refractivity contribution >= 4 is 40.2 Å². The molecule has 3 heterocycles. The van der Waals surface area contributed by atoms with Gasteiger partial charge in [0.2, 0.25) is 0 Å². The summed E-state index contributed by atoms with van der Waals surface area (Å²) < 4.78 is 1.99. The summed E-state index contributed by atoms with van der Waals surface area (Å²) in [5.74, 6) is 1.53. The van der Waals surface area contributed by atoms with Gasteiger partial charge in [-0.25, -0.2) is 15.0 Å². The number of imidazole rings is 1. The Labute approximate surface area is 204 Å². The minimum absolute atomic E-state index is 0. The van der Waals surface area contributed by atoms with Gasteiger partial charge in [0.05, 0.1) is 11.3 Å². The molecule has 0 spiro atoms. The highest BCUT2D eigenvalue weighted by Crippen LogP contribution is 2.32. The zero-order valence-corrected chi connectivity index (χ0v) is 19.8. The van der Waals surface area contributed by atoms with Crippen LogP contribution >= 0.6 is 23.2 Å². The number of nitrogens with two attached hydrogens (primary N) is 1. The number of benzene rings is 2. The number of aromatic nitrogens is 4. The van der Waals surface area contributed by atoms with Gasteiger partial charge in [-0.15, -0.1) is 11.6 Å². The van der Waals surface area contributed by atoms with E-state index in [0.29, 0.717) is 28.2 Å². The molecule has 0 aliphatic carbocycles. The first-order valence-electron chi connectivity index (χ1n) is 10.7. The van der Waals surface area contributed by atoms with Crippen molar-refractivity contribution in [2.45, 2.75) is 19.7 Å². The number of halogens is 2. The van der Waals surface area contributed by atoms with E-state index in [1.165, 1.54) is 0 Å². The summed E-state index contributed by atoms with van der Waals surface area (Å²) in [6.45, 7) is 4.00. The molecular formula is C26H25Cl2N5. The maximum absolute atomic E-state index is 6.19. The number of hydrogen-bond donors (Lipinski definition) is 1. The Morgan fingerprint density at radius 2 is 1.73 bits per heavy atom. The minimum atomic E-state index is 0. The van der Waals surface area contributed by atoms with Crippen molar-refractivity contribution in [2.75, 3.05) is 5.73 Å². The Morgan fingerprint density at radius 3 is 2.42 bits per heavy atom. The Bertz CT molecular complexity index is 1400. The first-order chi connectivity index (χ1) is 16.1. The standard InChI is InChI=1S/C24H17Cl2N5.C2H6.H2/c25-14-15-6-8-18(9-7-15)31-23(19-5-2-12-28-22(19)27)30-21-11-10-20(29-24(21)31)16-3-1-4-17(26)13-16;1-2;/h1-13H,14H2,(H2,27,28);1-2H3;1H. The second-order valence-corrected chi connectivity index (χ2v) is 7.76. The van der Waals surface area contributed by atoms with Gasteiger partial charge >= 0.3 is 0 Å². The number of pyridine rings is 2. The van der Waals surface area contributed by atoms with Crippen LogP contribution in [0, 0.1) is 0 Å². The van der Waals surface area contributed by atoms with Gasteiger partial charge < -0.3 is 5.73 Å². The van der Waals surface area contributed by atoms with Crippen molar-refractivity contribution < 1.29 is 1.43 Å². The molecule has 0 aliphatic heterocycles. The number of nitrogens with zero attached hydrogens (tertiary/aromatic N) is 4. The molecule has 5 nitrogen and oxygen atoms in total. The van der Waals surface area contributed by atoms with Crippen LogP contribution < -0.4 is 5.73 Å². The average molecular weight is 478 g/mol. The lowest BCUT2D eigenvalue weighted by Gasteiger charge is -2.11. The fraction of sp³-hybridized carbons (Fsp3) is 0.115. The van der Waals surface area contributed by atoms with Gasteiger partial charge in [0.25, 0.3) is 0 Å². The van der Waals surface area contributed by atoms with Crippen LogP contribution in [0.3, 0.4) is 0 Å². The molecule has 0 bridgehead atoms. The van der Waals surface area contributed by atoms with E-state index in [0.717, 1.165) is 33.6 Å². The van der Waals surface area contributed by atoms with E-state index in [4.69, 9.17) is 38.9 Å². The summed E-state index contributed by atoms with van der Waals surface area (Å²) in [6.07, 6.45) is 1.66. The van der Waals surface area contributed by atoms with Crippen molar-refractivity contribution in [3.63, 3.8) is 0 Å². The highest BCUT2D eigenvalue weighted by molar-refractivity contribution is 6.30. The molecule has 3 aromatic heterocycles. The third-order valence-electron chi connectivity index (χ3n) is 5.05. The predicted molar refractivity (Wildman–Crippen MR) is 140 cm³/mol. The topological polar surface area (TPSA) is 69.6 Å². The zero-order valence-electron chi connectivity index (χ0n) is 18.3. The molecule has 2 N–H and O–H groups in total. The van der Waals surface area contributed by atoms with Crippen LogP contribution in [0.2, 0.25) is 5.02 Å². The van der Waals surface area contributed by atoms with E-state index < -0.39 is 0 Å². The molecule has 0 aliphatic rings. The number of alkyl halides is 1. The molecule has 5 aromatic rings. The normalized spacial score (nSPS) is 10.7. The maximum atomic E-state index is 6.19. The van der Waals surface area contributed by atoms with Crippen molar-refractivity contribution in [3.8, 4) is 28.3 Å². The summed E-state index contributed by atoms with van der Waals surface area (Å²) in [5.41, 5.74) is 12.1. The average Bonchev–Trinajstić information content (AvgIpc) is 3.24. The van der Waals surface area contributed by atoms with Crippen LogP contribution in [0.15, 0.2) is 79.0 Å². The fourth-order valence-corrected chi connectivity index (χ4v) is 3.90. The zero-order chi connectivity index (χ0) is 23.4. The number of nitrogen functional groups attached to an aromatic ring is 1. The van der Waals surface area contributed by atoms with E-state index in [9.17, 15) is 0 Å². The van der Waals surface area contributed by atoms with Crippen LogP contribution in [-0.2, 0) is 5.88 Å². The molecule has 0 atom stereocenters. The second-order valence-electron chi connectivity index (χ2n) is 7.06. The van der Waals surface area contributed by atoms with E-state index in [1.54, 1.807) is 6.20 Å². The van der Waals surface area contributed by atoms with Crippen LogP contribution in [0.25, 0.3) is 39.5 Å². The number of anilines is 1. The molecule has 7 heteroatoms. The van der Waals surface area contributed by atoms with Crippen molar-refractivity contribution in [1.29, 1.82) is 0 Å². The molecular weight excluding hydrogens is 453 g/mol. The van der Waals surface area contributed by atoms with E-state index in [-0.39, 0.29) is 1.43 Å². The predicted octanol–water partition coefficient (Wildman–Crippen LogP) is 7.40. The summed E-state index contributed by atoms with van der Waals surface area (Å²) in [7, 11) is 0. The lowest BCUT2D eigenvalue weighted by atomic mass is 10.1. The number of fused-ring (bicyclic) bond motifs is 1. The van der Waals surface area contributed by atoms with Crippen LogP contribution in [-0.4, -0.2) is 19.5 Å². The Hall–Kier alpha value is -3.41. The highest BCUT2D eigenvalue weighted by Gasteiger charge is 2.18. The number of hydrogen-bond acceptors (Lipinski definition) is 4. The fourth-order valence-electron chi connectivity index (χ4n) is 3.53. The molecule has 168 valence electrons. The van der Waals surface area contributed by atoms with E-state index in [2.05, 4.69) is 4.98 Å². The molecule has 2 aromatic carbocycles. The molecule has 33 heavy (non-hydrogen) atoms. The molecule has 0 amide bonds. The summed E-state index contributed by atoms with van der Waals surface area (Å²) in [4.78, 5) is 14.0. The summed E-state index contributed by atoms with van der Waals surface area (Å²) in [5, 5.41) is 0.661. The third kappa shape index (κ3) is 4.56. The smallest absolute Gasteiger partial charge is 0.165 e. The Morgan fingerprint density at radius 1 is 0.939 bits per heavy atom. The molecule has 0 fully saturated rings. The Kier molecular flexibility index (Phi) is 6.92. The highest BCUT2D eigenvalue weighted by atomic mass is 35.5. The maximum Gasteiger partial charge on any atom is 0.165 e. The molecule has 0 saturated carbocycles. The van der Waals surface area contributed by atoms with Crippen molar-refractivity contribution in [2.24, 2.45) is 0 Å². The quantitative estimate of drug-likeness (QED) is 0.273. The van der Waals surface area contributed by atoms with E-state index in [1.807, 2.05) is 91.2 Å². The second kappa shape index (κ2) is 10.0. The van der Waals surface area contributed by atoms with E-state index >= 15 is 0 Å². The van der Waals surface area contributed by atoms with Crippen molar-refractivity contribution in [1.82, 2.24) is 19.5 Å². The SMILES string of the molecule is CC.Nc1ncccc1-c1nc2ccc(-c3cccc(Cl)c3)nc2n1-c1ccc(CCl)cc1.[HH]. The van der Waals surface area contributed by atoms with Crippen LogP contribution in [0.5, 0.6) is 0 Å². The first-order valence-corrected chi connectivity index (χ1v) is 11.6. The minimum Gasteiger partial charge on any atom is -0.383 e. The molecule has 0 saturated heterocycles. The van der Waals surface area contributed by atoms with Crippen molar-refractivity contribution in [3.05, 3.63) is 89.6 Å². The van der Waals surface area contributed by atoms with Crippen LogP contribution in [0.1, 0.15) is 20.8 Å².